The van der Waals surface area contributed by atoms with Gasteiger partial charge in [0, 0.05) is 17.3 Å². The fraction of sp³-hybridized carbons (Fsp3) is 0.115. The number of thioether (sulfide) groups is 1. The zero-order chi connectivity index (χ0) is 28.3. The number of hydrogen-bond acceptors (Lipinski definition) is 9. The second-order valence-corrected chi connectivity index (χ2v) is 9.43. The number of nitro groups is 2. The van der Waals surface area contributed by atoms with Gasteiger partial charge in [-0.1, -0.05) is 35.9 Å². The Hall–Kier alpha value is -5.04. The predicted molar refractivity (Wildman–Crippen MR) is 143 cm³/mol. The molecule has 3 amide bonds. The topological polar surface area (TPSA) is 162 Å². The summed E-state index contributed by atoms with van der Waals surface area (Å²) in [6.07, 6.45) is 1.37. The molecule has 3 aromatic rings. The van der Waals surface area contributed by atoms with E-state index >= 15 is 0 Å². The van der Waals surface area contributed by atoms with Gasteiger partial charge in [-0.15, -0.1) is 0 Å². The number of nitrogens with one attached hydrogen (secondary N) is 1. The lowest BCUT2D eigenvalue weighted by molar-refractivity contribution is -0.394. The average Bonchev–Trinajstić information content (AvgIpc) is 3.14. The monoisotopic (exact) mass is 548 g/mol. The number of para-hydroxylation sites is 1. The predicted octanol–water partition coefficient (Wildman–Crippen LogP) is 5.59. The van der Waals surface area contributed by atoms with Crippen LogP contribution in [0, 0.1) is 34.1 Å². The fourth-order valence-electron chi connectivity index (χ4n) is 3.72. The van der Waals surface area contributed by atoms with E-state index in [2.05, 4.69) is 5.32 Å². The summed E-state index contributed by atoms with van der Waals surface area (Å²) in [5.41, 5.74) is 1.65. The third-order valence-electron chi connectivity index (χ3n) is 5.61. The largest absolute Gasteiger partial charge is 0.449 e. The number of rotatable bonds is 8. The van der Waals surface area contributed by atoms with Gasteiger partial charge in [0.2, 0.25) is 11.7 Å². The van der Waals surface area contributed by atoms with Gasteiger partial charge in [0.1, 0.15) is 12.3 Å². The summed E-state index contributed by atoms with van der Waals surface area (Å²) >= 11 is 0.638. The van der Waals surface area contributed by atoms with Crippen LogP contribution in [-0.2, 0) is 9.59 Å². The lowest BCUT2D eigenvalue weighted by Crippen LogP contribution is -2.36. The zero-order valence-corrected chi connectivity index (χ0v) is 21.4. The molecule has 1 saturated heterocycles. The van der Waals surface area contributed by atoms with E-state index < -0.39 is 44.8 Å². The van der Waals surface area contributed by atoms with Gasteiger partial charge in [-0.2, -0.15) is 0 Å². The second-order valence-electron chi connectivity index (χ2n) is 8.44. The van der Waals surface area contributed by atoms with Crippen molar-refractivity contribution in [2.45, 2.75) is 13.8 Å². The number of imide groups is 1. The molecule has 13 heteroatoms. The van der Waals surface area contributed by atoms with Crippen molar-refractivity contribution < 1.29 is 29.0 Å². The number of carbonyl (C=O) groups excluding carboxylic acids is 3. The van der Waals surface area contributed by atoms with Crippen molar-refractivity contribution in [3.63, 3.8) is 0 Å². The molecular weight excluding hydrogens is 528 g/mol. The lowest BCUT2D eigenvalue weighted by atomic mass is 10.1. The number of non-ortho nitro benzene ring substituents is 1. The van der Waals surface area contributed by atoms with Crippen LogP contribution in [0.5, 0.6) is 11.5 Å². The Kier molecular flexibility index (Phi) is 7.72. The van der Waals surface area contributed by atoms with Crippen LogP contribution in [0.1, 0.15) is 16.7 Å². The fourth-order valence-corrected chi connectivity index (χ4v) is 4.55. The summed E-state index contributed by atoms with van der Waals surface area (Å²) in [7, 11) is 0. The minimum atomic E-state index is -0.806. The molecule has 0 saturated carbocycles. The van der Waals surface area contributed by atoms with Crippen LogP contribution in [-0.4, -0.2) is 38.3 Å². The van der Waals surface area contributed by atoms with Gasteiger partial charge in [0.25, 0.3) is 16.8 Å². The Labute approximate surface area is 225 Å². The van der Waals surface area contributed by atoms with Crippen molar-refractivity contribution in [3.8, 4) is 11.5 Å². The summed E-state index contributed by atoms with van der Waals surface area (Å²) in [6.45, 7) is 3.26. The zero-order valence-electron chi connectivity index (χ0n) is 20.6. The average molecular weight is 549 g/mol. The smallest absolute Gasteiger partial charge is 0.318 e. The third-order valence-corrected chi connectivity index (χ3v) is 6.51. The molecule has 0 atom stereocenters. The maximum Gasteiger partial charge on any atom is 0.318 e. The standard InChI is InChI=1S/C26H20N4O8S/c1-15-7-9-19(16(2)11-15)27-24(31)14-28-25(32)23(39-26(28)33)12-17-5-3-4-6-21(17)38-22-10-8-18(29(34)35)13-20(22)30(36)37/h3-13H,14H2,1-2H3,(H,27,31)/b23-12+. The first-order chi connectivity index (χ1) is 18.5. The first-order valence-corrected chi connectivity index (χ1v) is 12.2. The Balaban J connectivity index is 1.54. The Morgan fingerprint density at radius 2 is 1.74 bits per heavy atom. The van der Waals surface area contributed by atoms with Gasteiger partial charge in [-0.05, 0) is 55.4 Å². The van der Waals surface area contributed by atoms with Crippen LogP contribution in [0.25, 0.3) is 6.08 Å². The van der Waals surface area contributed by atoms with E-state index in [-0.39, 0.29) is 16.4 Å². The van der Waals surface area contributed by atoms with Crippen LogP contribution >= 0.6 is 11.8 Å². The van der Waals surface area contributed by atoms with E-state index in [1.54, 1.807) is 24.3 Å². The number of ether oxygens (including phenoxy) is 1. The molecular formula is C26H20N4O8S. The lowest BCUT2D eigenvalue weighted by Gasteiger charge is -2.14. The number of amides is 3. The van der Waals surface area contributed by atoms with Crippen molar-refractivity contribution >= 4 is 52.0 Å². The number of anilines is 1. The second kappa shape index (κ2) is 11.1. The molecule has 198 valence electrons. The summed E-state index contributed by atoms with van der Waals surface area (Å²) in [6, 6.07) is 14.7. The van der Waals surface area contributed by atoms with Crippen molar-refractivity contribution in [2.24, 2.45) is 0 Å². The molecule has 0 aliphatic carbocycles. The molecule has 39 heavy (non-hydrogen) atoms. The molecule has 1 heterocycles. The molecule has 12 nitrogen and oxygen atoms in total. The molecule has 0 spiro atoms. The molecule has 0 unspecified atom stereocenters. The van der Waals surface area contributed by atoms with E-state index in [1.807, 2.05) is 26.0 Å². The highest BCUT2D eigenvalue weighted by Crippen LogP contribution is 2.38. The Morgan fingerprint density at radius 1 is 1.00 bits per heavy atom. The Morgan fingerprint density at radius 3 is 2.44 bits per heavy atom. The highest BCUT2D eigenvalue weighted by molar-refractivity contribution is 8.18. The van der Waals surface area contributed by atoms with E-state index in [9.17, 15) is 34.6 Å². The van der Waals surface area contributed by atoms with E-state index in [1.165, 1.54) is 12.1 Å². The maximum atomic E-state index is 13.0. The van der Waals surface area contributed by atoms with Crippen LogP contribution < -0.4 is 10.1 Å². The van der Waals surface area contributed by atoms with Crippen LogP contribution in [0.15, 0.2) is 65.6 Å². The van der Waals surface area contributed by atoms with Crippen LogP contribution in [0.4, 0.5) is 21.9 Å². The van der Waals surface area contributed by atoms with Gasteiger partial charge in [0.15, 0.2) is 0 Å². The first kappa shape index (κ1) is 27.0. The van der Waals surface area contributed by atoms with E-state index in [0.717, 1.165) is 34.2 Å². The minimum Gasteiger partial charge on any atom is -0.449 e. The molecule has 4 rings (SSSR count). The third kappa shape index (κ3) is 6.10. The van der Waals surface area contributed by atoms with Crippen LogP contribution in [0.3, 0.4) is 0 Å². The van der Waals surface area contributed by atoms with Crippen molar-refractivity contribution in [1.82, 2.24) is 4.90 Å². The molecule has 1 aliphatic heterocycles. The van der Waals surface area contributed by atoms with Gasteiger partial charge < -0.3 is 10.1 Å². The number of nitrogens with zero attached hydrogens (tertiary/aromatic N) is 3. The Bertz CT molecular complexity index is 1570. The van der Waals surface area contributed by atoms with Gasteiger partial charge in [0.05, 0.1) is 20.8 Å². The highest BCUT2D eigenvalue weighted by atomic mass is 32.2. The summed E-state index contributed by atoms with van der Waals surface area (Å²) < 4.78 is 5.69. The molecule has 1 N–H and O–H groups in total. The first-order valence-electron chi connectivity index (χ1n) is 11.4. The van der Waals surface area contributed by atoms with Crippen LogP contribution in [0.2, 0.25) is 0 Å². The van der Waals surface area contributed by atoms with E-state index in [0.29, 0.717) is 23.0 Å². The molecule has 0 bridgehead atoms. The molecule has 0 aromatic heterocycles. The number of carbonyl (C=O) groups is 3. The number of nitro benzene ring substituents is 2. The van der Waals surface area contributed by atoms with Gasteiger partial charge in [-0.25, -0.2) is 0 Å². The van der Waals surface area contributed by atoms with Gasteiger partial charge >= 0.3 is 5.69 Å². The molecule has 1 aliphatic rings. The summed E-state index contributed by atoms with van der Waals surface area (Å²) in [4.78, 5) is 59.8. The van der Waals surface area contributed by atoms with Crippen molar-refractivity contribution in [2.75, 3.05) is 11.9 Å². The summed E-state index contributed by atoms with van der Waals surface area (Å²) in [5, 5.41) is 24.5. The molecule has 0 radical (unpaired) electrons. The number of benzene rings is 3. The van der Waals surface area contributed by atoms with E-state index in [4.69, 9.17) is 4.74 Å². The SMILES string of the molecule is Cc1ccc(NC(=O)CN2C(=O)S/C(=C/c3ccccc3Oc3ccc([N+](=O)[O-])cc3[N+](=O)[O-])C2=O)c(C)c1. The van der Waals surface area contributed by atoms with Crippen molar-refractivity contribution in [1.29, 1.82) is 0 Å². The maximum absolute atomic E-state index is 13.0. The quantitative estimate of drug-likeness (QED) is 0.215. The number of aryl methyl sites for hydroxylation is 2. The highest BCUT2D eigenvalue weighted by Gasteiger charge is 2.36. The minimum absolute atomic E-state index is 0.0218. The number of hydrogen-bond donors (Lipinski definition) is 1. The normalized spacial score (nSPS) is 14.0. The van der Waals surface area contributed by atoms with Gasteiger partial charge in [-0.3, -0.25) is 39.5 Å². The molecule has 1 fully saturated rings. The van der Waals surface area contributed by atoms with Crippen molar-refractivity contribution in [3.05, 3.63) is 102 Å². The summed E-state index contributed by atoms with van der Waals surface area (Å²) in [5.74, 6) is -1.37. The molecule has 3 aromatic carbocycles.